The summed E-state index contributed by atoms with van der Waals surface area (Å²) in [5.41, 5.74) is 11.4. The molecule has 10 rings (SSSR count). The number of imidazole rings is 2. The monoisotopic (exact) mass is 497 g/mol. The van der Waals surface area contributed by atoms with Gasteiger partial charge in [-0.2, -0.15) is 0 Å². The van der Waals surface area contributed by atoms with Crippen LogP contribution < -0.4 is 0 Å². The number of nitrogens with zero attached hydrogens (tertiary/aromatic N) is 3. The van der Waals surface area contributed by atoms with Crippen molar-refractivity contribution in [3.8, 4) is 11.1 Å². The molecule has 0 N–H and O–H groups in total. The third-order valence-corrected chi connectivity index (χ3v) is 9.34. The summed E-state index contributed by atoms with van der Waals surface area (Å²) < 4.78 is 4.82. The highest BCUT2D eigenvalue weighted by atomic mass is 15.2. The molecule has 3 heterocycles. The van der Waals surface area contributed by atoms with Gasteiger partial charge in [0.05, 0.1) is 27.6 Å². The first-order chi connectivity index (χ1) is 19.1. The minimum absolute atomic E-state index is 0.0990. The summed E-state index contributed by atoms with van der Waals surface area (Å²) in [6.45, 7) is 4.78. The van der Waals surface area contributed by atoms with Gasteiger partial charge in [-0.25, -0.2) is 4.98 Å². The van der Waals surface area contributed by atoms with Crippen LogP contribution in [0.5, 0.6) is 0 Å². The smallest absolute Gasteiger partial charge is 0.220 e. The summed E-state index contributed by atoms with van der Waals surface area (Å²) in [6.07, 6.45) is 0. The molecule has 0 saturated carbocycles. The van der Waals surface area contributed by atoms with Crippen LogP contribution in [0.3, 0.4) is 0 Å². The zero-order valence-corrected chi connectivity index (χ0v) is 21.7. The second-order valence-corrected chi connectivity index (χ2v) is 11.7. The highest BCUT2D eigenvalue weighted by Gasteiger charge is 2.39. The van der Waals surface area contributed by atoms with Crippen molar-refractivity contribution in [2.24, 2.45) is 0 Å². The van der Waals surface area contributed by atoms with E-state index in [-0.39, 0.29) is 5.41 Å². The van der Waals surface area contributed by atoms with E-state index < -0.39 is 0 Å². The van der Waals surface area contributed by atoms with Crippen LogP contribution in [-0.2, 0) is 5.41 Å². The summed E-state index contributed by atoms with van der Waals surface area (Å²) in [5.74, 6) is 0.986. The predicted molar refractivity (Wildman–Crippen MR) is 162 cm³/mol. The minimum atomic E-state index is -0.0990. The van der Waals surface area contributed by atoms with Crippen molar-refractivity contribution in [2.45, 2.75) is 19.3 Å². The summed E-state index contributed by atoms with van der Waals surface area (Å²) >= 11 is 0. The molecule has 3 aromatic heterocycles. The van der Waals surface area contributed by atoms with Gasteiger partial charge in [0.25, 0.3) is 0 Å². The molecule has 0 saturated heterocycles. The van der Waals surface area contributed by atoms with Crippen molar-refractivity contribution in [2.75, 3.05) is 0 Å². The molecular weight excluding hydrogens is 474 g/mol. The Morgan fingerprint density at radius 3 is 2.00 bits per heavy atom. The topological polar surface area (TPSA) is 21.7 Å². The van der Waals surface area contributed by atoms with E-state index in [1.165, 1.54) is 71.1 Å². The van der Waals surface area contributed by atoms with E-state index in [0.29, 0.717) is 0 Å². The lowest BCUT2D eigenvalue weighted by atomic mass is 9.80. The summed E-state index contributed by atoms with van der Waals surface area (Å²) in [4.78, 5) is 5.30. The fourth-order valence-corrected chi connectivity index (χ4v) is 7.66. The number of benzene rings is 6. The number of hydrogen-bond donors (Lipinski definition) is 0. The largest absolute Gasteiger partial charge is 0.277 e. The Labute approximate surface area is 223 Å². The normalized spacial score (nSPS) is 14.6. The first-order valence-corrected chi connectivity index (χ1v) is 13.7. The number of fused-ring (bicyclic) bond motifs is 14. The van der Waals surface area contributed by atoms with Crippen molar-refractivity contribution in [3.05, 3.63) is 114 Å². The van der Waals surface area contributed by atoms with Crippen LogP contribution in [0.25, 0.3) is 76.8 Å². The van der Waals surface area contributed by atoms with Crippen LogP contribution in [-0.4, -0.2) is 13.8 Å². The maximum Gasteiger partial charge on any atom is 0.220 e. The lowest BCUT2D eigenvalue weighted by molar-refractivity contribution is 0.666. The number of aromatic nitrogens is 3. The average molecular weight is 498 g/mol. The Bertz CT molecular complexity index is 2520. The van der Waals surface area contributed by atoms with Gasteiger partial charge in [-0.1, -0.05) is 86.6 Å². The van der Waals surface area contributed by atoms with E-state index in [4.69, 9.17) is 4.98 Å². The quantitative estimate of drug-likeness (QED) is 0.205. The van der Waals surface area contributed by atoms with Crippen LogP contribution in [0.1, 0.15) is 25.0 Å². The molecule has 0 aliphatic heterocycles. The van der Waals surface area contributed by atoms with Gasteiger partial charge in [0.15, 0.2) is 0 Å². The lowest BCUT2D eigenvalue weighted by Crippen LogP contribution is -2.15. The third kappa shape index (κ3) is 2.22. The van der Waals surface area contributed by atoms with Gasteiger partial charge in [-0.3, -0.25) is 8.80 Å². The van der Waals surface area contributed by atoms with Crippen molar-refractivity contribution < 1.29 is 0 Å². The average Bonchev–Trinajstić information content (AvgIpc) is 3.64. The molecule has 9 aromatic rings. The van der Waals surface area contributed by atoms with E-state index in [1.54, 1.807) is 0 Å². The first kappa shape index (κ1) is 20.1. The van der Waals surface area contributed by atoms with E-state index in [0.717, 1.165) is 16.8 Å². The summed E-state index contributed by atoms with van der Waals surface area (Å²) in [6, 6.07) is 38.0. The van der Waals surface area contributed by atoms with Crippen LogP contribution in [0.15, 0.2) is 103 Å². The highest BCUT2D eigenvalue weighted by molar-refractivity contribution is 6.22. The Morgan fingerprint density at radius 1 is 0.590 bits per heavy atom. The van der Waals surface area contributed by atoms with Gasteiger partial charge >= 0.3 is 0 Å². The molecule has 0 fully saturated rings. The van der Waals surface area contributed by atoms with Crippen LogP contribution in [0.4, 0.5) is 0 Å². The maximum absolute atomic E-state index is 5.30. The van der Waals surface area contributed by atoms with Crippen LogP contribution in [0, 0.1) is 0 Å². The molecule has 3 nitrogen and oxygen atoms in total. The van der Waals surface area contributed by atoms with E-state index in [9.17, 15) is 0 Å². The van der Waals surface area contributed by atoms with Gasteiger partial charge in [0.1, 0.15) is 0 Å². The molecule has 0 amide bonds. The molecule has 0 bridgehead atoms. The van der Waals surface area contributed by atoms with Gasteiger partial charge < -0.3 is 0 Å². The number of rotatable bonds is 0. The zero-order chi connectivity index (χ0) is 25.6. The summed E-state index contributed by atoms with van der Waals surface area (Å²) in [5, 5.41) is 7.67. The first-order valence-electron chi connectivity index (χ1n) is 13.7. The molecule has 0 atom stereocenters. The van der Waals surface area contributed by atoms with Crippen LogP contribution in [0.2, 0.25) is 0 Å². The minimum Gasteiger partial charge on any atom is -0.277 e. The fourth-order valence-electron chi connectivity index (χ4n) is 7.66. The molecule has 1 aliphatic rings. The van der Waals surface area contributed by atoms with E-state index in [2.05, 4.69) is 126 Å². The van der Waals surface area contributed by atoms with Crippen molar-refractivity contribution in [1.82, 2.24) is 13.8 Å². The molecule has 182 valence electrons. The van der Waals surface area contributed by atoms with Crippen molar-refractivity contribution in [1.29, 1.82) is 0 Å². The second kappa shape index (κ2) is 6.39. The molecule has 0 unspecified atom stereocenters. The van der Waals surface area contributed by atoms with E-state index in [1.807, 2.05) is 0 Å². The van der Waals surface area contributed by atoms with E-state index >= 15 is 0 Å². The molecule has 1 aliphatic carbocycles. The number of hydrogen-bond acceptors (Lipinski definition) is 1. The lowest BCUT2D eigenvalue weighted by Gasteiger charge is -2.22. The molecule has 0 spiro atoms. The predicted octanol–water partition coefficient (Wildman–Crippen LogP) is 9.10. The Balaban J connectivity index is 1.53. The van der Waals surface area contributed by atoms with Gasteiger partial charge in [-0.15, -0.1) is 0 Å². The SMILES string of the molecule is CC1(C)c2ccccc2-c2cc3c4c(c21)c1cc2ccccc2cc1n4c1nc2cc4ccccc4cc2n31. The van der Waals surface area contributed by atoms with Crippen LogP contribution >= 0.6 is 0 Å². The molecule has 6 aromatic carbocycles. The molecule has 39 heavy (non-hydrogen) atoms. The van der Waals surface area contributed by atoms with Gasteiger partial charge in [0, 0.05) is 16.2 Å². The molecule has 0 radical (unpaired) electrons. The van der Waals surface area contributed by atoms with Crippen molar-refractivity contribution in [3.63, 3.8) is 0 Å². The second-order valence-electron chi connectivity index (χ2n) is 11.7. The molecular formula is C36H23N3. The Morgan fingerprint density at radius 2 is 1.23 bits per heavy atom. The zero-order valence-electron chi connectivity index (χ0n) is 21.7. The van der Waals surface area contributed by atoms with Gasteiger partial charge in [-0.05, 0) is 74.1 Å². The summed E-state index contributed by atoms with van der Waals surface area (Å²) in [7, 11) is 0. The van der Waals surface area contributed by atoms with Gasteiger partial charge in [0.2, 0.25) is 5.78 Å². The fraction of sp³-hybridized carbons (Fsp3) is 0.0833. The van der Waals surface area contributed by atoms with Crippen molar-refractivity contribution >= 4 is 65.7 Å². The highest BCUT2D eigenvalue weighted by Crippen LogP contribution is 2.54. The third-order valence-electron chi connectivity index (χ3n) is 9.34. The standard InChI is InChI=1S/C36H23N3/c1-36(2)27-14-8-7-13-24(27)25-19-31-34-32(33(25)36)26-15-20-9-3-5-11-22(20)17-29(26)39(34)35-37-28-16-21-10-4-6-12-23(21)18-30(28)38(31)35/h3-19H,1-2H3. The Hall–Kier alpha value is -4.89. The molecule has 3 heteroatoms. The Kier molecular flexibility index (Phi) is 3.30. The maximum atomic E-state index is 5.30.